The molecule has 1 atom stereocenters. The molecule has 0 fully saturated rings. The van der Waals surface area contributed by atoms with Crippen molar-refractivity contribution in [2.75, 3.05) is 0 Å². The lowest BCUT2D eigenvalue weighted by molar-refractivity contribution is 0.0380. The molecule has 0 spiro atoms. The van der Waals surface area contributed by atoms with Gasteiger partial charge in [-0.25, -0.2) is 4.98 Å². The van der Waals surface area contributed by atoms with Gasteiger partial charge < -0.3 is 9.67 Å². The number of hydrogen-bond acceptors (Lipinski definition) is 3. The lowest BCUT2D eigenvalue weighted by atomic mass is 9.96. The van der Waals surface area contributed by atoms with Gasteiger partial charge in [0.15, 0.2) is 0 Å². The lowest BCUT2D eigenvalue weighted by Crippen LogP contribution is -2.28. The minimum Gasteiger partial charge on any atom is -0.384 e. The van der Waals surface area contributed by atoms with Crippen molar-refractivity contribution in [2.24, 2.45) is 0 Å². The van der Waals surface area contributed by atoms with Gasteiger partial charge in [-0.05, 0) is 12.5 Å². The summed E-state index contributed by atoms with van der Waals surface area (Å²) in [5, 5.41) is 19.3. The van der Waals surface area contributed by atoms with Crippen molar-refractivity contribution in [3.05, 3.63) is 54.1 Å². The number of nitrogens with zero attached hydrogens (tertiary/aromatic N) is 3. The third-order valence-corrected chi connectivity index (χ3v) is 2.69. The maximum atomic E-state index is 10.4. The van der Waals surface area contributed by atoms with Crippen LogP contribution in [0.4, 0.5) is 0 Å². The van der Waals surface area contributed by atoms with Crippen LogP contribution in [0.2, 0.25) is 0 Å². The van der Waals surface area contributed by atoms with Crippen molar-refractivity contribution >= 4 is 0 Å². The molecule has 1 aromatic carbocycles. The fraction of sp³-hybridized carbons (Fsp3) is 0.231. The number of rotatable bonds is 3. The smallest absolute Gasteiger partial charge is 0.212 e. The molecule has 1 N–H and O–H groups in total. The summed E-state index contributed by atoms with van der Waals surface area (Å²) in [7, 11) is 0. The highest BCUT2D eigenvalue weighted by atomic mass is 16.3. The molecule has 0 amide bonds. The summed E-state index contributed by atoms with van der Waals surface area (Å²) < 4.78 is 1.65. The van der Waals surface area contributed by atoms with E-state index in [0.717, 1.165) is 5.56 Å². The zero-order chi connectivity index (χ0) is 12.3. The van der Waals surface area contributed by atoms with E-state index in [0.29, 0.717) is 12.4 Å². The quantitative estimate of drug-likeness (QED) is 0.867. The molecule has 0 aliphatic rings. The Hall–Kier alpha value is -2.12. The molecule has 2 aromatic rings. The highest BCUT2D eigenvalue weighted by Gasteiger charge is 2.24. The number of hydrogen-bond donors (Lipinski definition) is 1. The van der Waals surface area contributed by atoms with Crippen molar-refractivity contribution in [2.45, 2.75) is 19.1 Å². The van der Waals surface area contributed by atoms with E-state index in [1.807, 2.05) is 36.4 Å². The second-order valence-electron chi connectivity index (χ2n) is 4.13. The second-order valence-corrected chi connectivity index (χ2v) is 4.13. The third-order valence-electron chi connectivity index (χ3n) is 2.69. The van der Waals surface area contributed by atoms with E-state index in [-0.39, 0.29) is 0 Å². The predicted octanol–water partition coefficient (Wildman–Crippen LogP) is 1.66. The molecule has 1 unspecified atom stereocenters. The van der Waals surface area contributed by atoms with Gasteiger partial charge in [-0.15, -0.1) is 0 Å². The maximum Gasteiger partial charge on any atom is 0.212 e. The minimum absolute atomic E-state index is 0.305. The topological polar surface area (TPSA) is 61.8 Å². The summed E-state index contributed by atoms with van der Waals surface area (Å²) in [6, 6.07) is 11.4. The van der Waals surface area contributed by atoms with Crippen LogP contribution in [0.3, 0.4) is 0 Å². The van der Waals surface area contributed by atoms with Crippen molar-refractivity contribution in [1.82, 2.24) is 9.55 Å². The highest BCUT2D eigenvalue weighted by molar-refractivity contribution is 5.22. The van der Waals surface area contributed by atoms with E-state index < -0.39 is 5.60 Å². The Labute approximate surface area is 99.8 Å². The van der Waals surface area contributed by atoms with Crippen LogP contribution in [0.25, 0.3) is 0 Å². The number of aliphatic hydroxyl groups is 1. The molecule has 0 aliphatic carbocycles. The van der Waals surface area contributed by atoms with Gasteiger partial charge in [-0.2, -0.15) is 5.26 Å². The van der Waals surface area contributed by atoms with Gasteiger partial charge in [0.05, 0.1) is 6.54 Å². The Morgan fingerprint density at radius 2 is 2.12 bits per heavy atom. The Balaban J connectivity index is 2.27. The van der Waals surface area contributed by atoms with Crippen LogP contribution in [0.1, 0.15) is 18.3 Å². The van der Waals surface area contributed by atoms with Gasteiger partial charge in [0.2, 0.25) is 5.82 Å². The summed E-state index contributed by atoms with van der Waals surface area (Å²) in [4.78, 5) is 3.90. The Bertz CT molecular complexity index is 537. The van der Waals surface area contributed by atoms with E-state index in [1.165, 1.54) is 0 Å². The van der Waals surface area contributed by atoms with Crippen molar-refractivity contribution in [1.29, 1.82) is 5.26 Å². The van der Waals surface area contributed by atoms with E-state index >= 15 is 0 Å². The summed E-state index contributed by atoms with van der Waals surface area (Å²) in [6.45, 7) is 2.03. The number of benzene rings is 1. The van der Waals surface area contributed by atoms with Crippen LogP contribution >= 0.6 is 0 Å². The predicted molar refractivity (Wildman–Crippen MR) is 63.0 cm³/mol. The Morgan fingerprint density at radius 1 is 1.41 bits per heavy atom. The summed E-state index contributed by atoms with van der Waals surface area (Å²) in [6.07, 6.45) is 3.25. The zero-order valence-corrected chi connectivity index (χ0v) is 9.54. The molecule has 0 saturated carbocycles. The van der Waals surface area contributed by atoms with Gasteiger partial charge in [0.25, 0.3) is 0 Å². The zero-order valence-electron chi connectivity index (χ0n) is 9.54. The molecule has 4 heteroatoms. The number of aromatic nitrogens is 2. The van der Waals surface area contributed by atoms with Crippen molar-refractivity contribution in [3.8, 4) is 6.07 Å². The molecule has 0 saturated heterocycles. The fourth-order valence-electron chi connectivity index (χ4n) is 1.77. The van der Waals surface area contributed by atoms with Crippen molar-refractivity contribution < 1.29 is 5.11 Å². The van der Waals surface area contributed by atoms with Gasteiger partial charge in [-0.3, -0.25) is 0 Å². The number of nitriles is 1. The molecule has 4 nitrogen and oxygen atoms in total. The van der Waals surface area contributed by atoms with Gasteiger partial charge in [0.1, 0.15) is 11.7 Å². The average molecular weight is 227 g/mol. The molecule has 1 heterocycles. The van der Waals surface area contributed by atoms with Gasteiger partial charge in [-0.1, -0.05) is 30.3 Å². The van der Waals surface area contributed by atoms with Crippen LogP contribution in [0, 0.1) is 11.3 Å². The molecule has 0 bridgehead atoms. The number of imidazole rings is 1. The van der Waals surface area contributed by atoms with Gasteiger partial charge >= 0.3 is 0 Å². The molecule has 2 rings (SSSR count). The minimum atomic E-state index is -1.02. The molecule has 86 valence electrons. The molecular formula is C13H13N3O. The summed E-state index contributed by atoms with van der Waals surface area (Å²) in [5.74, 6) is 0.307. The first-order chi connectivity index (χ1) is 8.13. The first-order valence-corrected chi connectivity index (χ1v) is 5.32. The first-order valence-electron chi connectivity index (χ1n) is 5.32. The standard InChI is InChI=1S/C13H13N3O/c1-13(17,11-5-3-2-4-6-11)10-16-8-7-15-12(16)9-14/h2-8,17H,10H2,1H3. The van der Waals surface area contributed by atoms with Crippen LogP contribution in [-0.4, -0.2) is 14.7 Å². The Kier molecular flexibility index (Phi) is 2.94. The third kappa shape index (κ3) is 2.35. The van der Waals surface area contributed by atoms with E-state index in [2.05, 4.69) is 4.98 Å². The summed E-state index contributed by atoms with van der Waals surface area (Å²) in [5.41, 5.74) is -0.203. The van der Waals surface area contributed by atoms with E-state index in [1.54, 1.807) is 23.9 Å². The average Bonchev–Trinajstić information content (AvgIpc) is 2.77. The van der Waals surface area contributed by atoms with E-state index in [4.69, 9.17) is 5.26 Å². The molecule has 1 aromatic heterocycles. The van der Waals surface area contributed by atoms with Gasteiger partial charge in [0, 0.05) is 12.4 Å². The normalized spacial score (nSPS) is 13.9. The monoisotopic (exact) mass is 227 g/mol. The van der Waals surface area contributed by atoms with Crippen LogP contribution in [0.15, 0.2) is 42.7 Å². The highest BCUT2D eigenvalue weighted by Crippen LogP contribution is 2.22. The summed E-state index contributed by atoms with van der Waals surface area (Å²) >= 11 is 0. The van der Waals surface area contributed by atoms with Crippen LogP contribution in [-0.2, 0) is 12.1 Å². The van der Waals surface area contributed by atoms with Crippen LogP contribution < -0.4 is 0 Å². The molecule has 17 heavy (non-hydrogen) atoms. The molecule has 0 radical (unpaired) electrons. The lowest BCUT2D eigenvalue weighted by Gasteiger charge is -2.24. The largest absolute Gasteiger partial charge is 0.384 e. The second kappa shape index (κ2) is 4.40. The Morgan fingerprint density at radius 3 is 2.76 bits per heavy atom. The first kappa shape index (κ1) is 11.4. The van der Waals surface area contributed by atoms with E-state index in [9.17, 15) is 5.11 Å². The van der Waals surface area contributed by atoms with Crippen molar-refractivity contribution in [3.63, 3.8) is 0 Å². The van der Waals surface area contributed by atoms with Crippen LogP contribution in [0.5, 0.6) is 0 Å². The SMILES string of the molecule is CC(O)(Cn1ccnc1C#N)c1ccccc1. The fourth-order valence-corrected chi connectivity index (χ4v) is 1.77. The maximum absolute atomic E-state index is 10.4. The molecular weight excluding hydrogens is 214 g/mol. The molecule has 0 aliphatic heterocycles.